The molecule has 3 rings (SSSR count). The van der Waals surface area contributed by atoms with Crippen LogP contribution >= 0.6 is 11.6 Å². The number of nitrogens with one attached hydrogen (secondary N) is 2. The first kappa shape index (κ1) is 24.8. The number of hydrazone groups is 1. The van der Waals surface area contributed by atoms with E-state index < -0.39 is 5.91 Å². The zero-order valence-electron chi connectivity index (χ0n) is 19.1. The van der Waals surface area contributed by atoms with Gasteiger partial charge in [-0.1, -0.05) is 37.6 Å². The van der Waals surface area contributed by atoms with Crippen LogP contribution in [0.5, 0.6) is 11.5 Å². The van der Waals surface area contributed by atoms with Crippen LogP contribution < -0.4 is 15.5 Å². The molecule has 0 atom stereocenters. The Morgan fingerprint density at radius 2 is 1.82 bits per heavy atom. The van der Waals surface area contributed by atoms with Gasteiger partial charge in [0, 0.05) is 11.3 Å². The highest BCUT2D eigenvalue weighted by Gasteiger charge is 2.08. The van der Waals surface area contributed by atoms with Crippen LogP contribution in [0.4, 0.5) is 5.69 Å². The van der Waals surface area contributed by atoms with Gasteiger partial charge in [-0.25, -0.2) is 5.43 Å². The standard InChI is InChI=1S/C26H26ClN3O4/c1-16(2)18-4-8-21(9-5-18)29-25(32)15-34-22-10-6-20(17(3)12-22)14-28-30-26(33)19-7-11-24(31)23(27)13-19/h4-14,16,31H,15H2,1-3H3,(H,29,32)(H,30,33)/b28-14-. The lowest BCUT2D eigenvalue weighted by molar-refractivity contribution is -0.118. The minimum Gasteiger partial charge on any atom is -0.506 e. The van der Waals surface area contributed by atoms with Crippen LogP contribution in [0, 0.1) is 6.92 Å². The Hall–Kier alpha value is -3.84. The molecule has 0 spiro atoms. The van der Waals surface area contributed by atoms with Crippen molar-refractivity contribution in [3.63, 3.8) is 0 Å². The molecule has 0 saturated carbocycles. The summed E-state index contributed by atoms with van der Waals surface area (Å²) in [6, 6.07) is 17.2. The van der Waals surface area contributed by atoms with Crippen molar-refractivity contribution < 1.29 is 19.4 Å². The van der Waals surface area contributed by atoms with E-state index in [0.717, 1.165) is 16.8 Å². The highest BCUT2D eigenvalue weighted by Crippen LogP contribution is 2.23. The number of benzene rings is 3. The molecule has 0 radical (unpaired) electrons. The zero-order valence-corrected chi connectivity index (χ0v) is 19.9. The van der Waals surface area contributed by atoms with E-state index in [-0.39, 0.29) is 28.8 Å². The molecule has 34 heavy (non-hydrogen) atoms. The largest absolute Gasteiger partial charge is 0.506 e. The van der Waals surface area contributed by atoms with Gasteiger partial charge in [0.05, 0.1) is 11.2 Å². The number of hydrogen-bond donors (Lipinski definition) is 3. The molecule has 0 fully saturated rings. The van der Waals surface area contributed by atoms with Gasteiger partial charge < -0.3 is 15.2 Å². The number of hydrogen-bond acceptors (Lipinski definition) is 5. The van der Waals surface area contributed by atoms with Crippen molar-refractivity contribution in [2.45, 2.75) is 26.7 Å². The Balaban J connectivity index is 1.51. The molecule has 176 valence electrons. The summed E-state index contributed by atoms with van der Waals surface area (Å²) in [6.07, 6.45) is 1.51. The van der Waals surface area contributed by atoms with Crippen molar-refractivity contribution >= 4 is 35.3 Å². The van der Waals surface area contributed by atoms with Gasteiger partial charge in [-0.3, -0.25) is 9.59 Å². The zero-order chi connectivity index (χ0) is 24.7. The molecule has 7 nitrogen and oxygen atoms in total. The van der Waals surface area contributed by atoms with E-state index in [9.17, 15) is 14.7 Å². The number of aryl methyl sites for hydroxylation is 1. The molecule has 0 unspecified atom stereocenters. The summed E-state index contributed by atoms with van der Waals surface area (Å²) in [5.41, 5.74) is 6.24. The number of rotatable bonds is 8. The Morgan fingerprint density at radius 3 is 2.47 bits per heavy atom. The summed E-state index contributed by atoms with van der Waals surface area (Å²) in [7, 11) is 0. The predicted octanol–water partition coefficient (Wildman–Crippen LogP) is 5.26. The van der Waals surface area contributed by atoms with Crippen LogP contribution in [-0.2, 0) is 4.79 Å². The maximum atomic E-state index is 12.2. The lowest BCUT2D eigenvalue weighted by Gasteiger charge is -2.10. The van der Waals surface area contributed by atoms with Crippen LogP contribution in [0.15, 0.2) is 65.8 Å². The molecule has 2 amide bonds. The van der Waals surface area contributed by atoms with Crippen molar-refractivity contribution in [2.24, 2.45) is 5.10 Å². The lowest BCUT2D eigenvalue weighted by atomic mass is 10.0. The summed E-state index contributed by atoms with van der Waals surface area (Å²) < 4.78 is 5.60. The van der Waals surface area contributed by atoms with E-state index in [0.29, 0.717) is 11.7 Å². The third kappa shape index (κ3) is 6.83. The van der Waals surface area contributed by atoms with Gasteiger partial charge in [-0.05, 0) is 78.1 Å². The van der Waals surface area contributed by atoms with E-state index in [1.807, 2.05) is 31.2 Å². The van der Waals surface area contributed by atoms with E-state index in [1.165, 1.54) is 30.0 Å². The van der Waals surface area contributed by atoms with Gasteiger partial charge >= 0.3 is 0 Å². The number of phenolic OH excluding ortho intramolecular Hbond substituents is 1. The number of ether oxygens (including phenoxy) is 1. The van der Waals surface area contributed by atoms with Crippen molar-refractivity contribution in [3.8, 4) is 11.5 Å². The van der Waals surface area contributed by atoms with Gasteiger partial charge in [0.25, 0.3) is 11.8 Å². The fourth-order valence-corrected chi connectivity index (χ4v) is 3.23. The predicted molar refractivity (Wildman–Crippen MR) is 134 cm³/mol. The highest BCUT2D eigenvalue weighted by atomic mass is 35.5. The Kier molecular flexibility index (Phi) is 8.27. The van der Waals surface area contributed by atoms with Crippen LogP contribution in [0.25, 0.3) is 0 Å². The molecule has 0 aliphatic carbocycles. The van der Waals surface area contributed by atoms with Gasteiger partial charge in [0.2, 0.25) is 0 Å². The fraction of sp³-hybridized carbons (Fsp3) is 0.192. The highest BCUT2D eigenvalue weighted by molar-refractivity contribution is 6.32. The molecule has 0 saturated heterocycles. The van der Waals surface area contributed by atoms with Crippen LogP contribution in [0.3, 0.4) is 0 Å². The van der Waals surface area contributed by atoms with Gasteiger partial charge in [0.15, 0.2) is 6.61 Å². The van der Waals surface area contributed by atoms with E-state index in [1.54, 1.807) is 18.2 Å². The number of phenols is 1. The van der Waals surface area contributed by atoms with E-state index >= 15 is 0 Å². The molecule has 3 aromatic rings. The number of carbonyl (C=O) groups is 2. The average Bonchev–Trinajstić information content (AvgIpc) is 2.81. The van der Waals surface area contributed by atoms with Crippen LogP contribution in [0.1, 0.15) is 46.8 Å². The average molecular weight is 480 g/mol. The molecule has 8 heteroatoms. The molecular formula is C26H26ClN3O4. The smallest absolute Gasteiger partial charge is 0.271 e. The summed E-state index contributed by atoms with van der Waals surface area (Å²) in [4.78, 5) is 24.3. The van der Waals surface area contributed by atoms with Crippen molar-refractivity contribution in [1.29, 1.82) is 0 Å². The van der Waals surface area contributed by atoms with E-state index in [4.69, 9.17) is 16.3 Å². The fourth-order valence-electron chi connectivity index (χ4n) is 3.05. The molecule has 0 heterocycles. The molecule has 3 N–H and O–H groups in total. The Morgan fingerprint density at radius 1 is 1.09 bits per heavy atom. The summed E-state index contributed by atoms with van der Waals surface area (Å²) in [5.74, 6) is 0.164. The summed E-state index contributed by atoms with van der Waals surface area (Å²) >= 11 is 5.82. The molecule has 0 aliphatic heterocycles. The molecule has 0 bridgehead atoms. The second-order valence-corrected chi connectivity index (χ2v) is 8.40. The third-order valence-electron chi connectivity index (χ3n) is 5.05. The maximum absolute atomic E-state index is 12.2. The number of carbonyl (C=O) groups excluding carboxylic acids is 2. The van der Waals surface area contributed by atoms with E-state index in [2.05, 4.69) is 29.7 Å². The Bertz CT molecular complexity index is 1210. The monoisotopic (exact) mass is 479 g/mol. The van der Waals surface area contributed by atoms with Gasteiger partial charge in [-0.2, -0.15) is 5.10 Å². The number of amides is 2. The maximum Gasteiger partial charge on any atom is 0.271 e. The summed E-state index contributed by atoms with van der Waals surface area (Å²) in [5, 5.41) is 16.3. The van der Waals surface area contributed by atoms with Crippen molar-refractivity contribution in [1.82, 2.24) is 5.43 Å². The normalized spacial score (nSPS) is 11.0. The topological polar surface area (TPSA) is 100 Å². The van der Waals surface area contributed by atoms with Gasteiger partial charge in [-0.15, -0.1) is 0 Å². The van der Waals surface area contributed by atoms with Crippen molar-refractivity contribution in [3.05, 3.63) is 87.9 Å². The summed E-state index contributed by atoms with van der Waals surface area (Å²) in [6.45, 7) is 5.98. The first-order chi connectivity index (χ1) is 16.2. The first-order valence-electron chi connectivity index (χ1n) is 10.7. The SMILES string of the molecule is Cc1cc(OCC(=O)Nc2ccc(C(C)C)cc2)ccc1/C=N\NC(=O)c1ccc(O)c(Cl)c1. The van der Waals surface area contributed by atoms with Gasteiger partial charge in [0.1, 0.15) is 11.5 Å². The second kappa shape index (κ2) is 11.3. The number of halogens is 1. The molecule has 0 aliphatic rings. The molecular weight excluding hydrogens is 454 g/mol. The minimum absolute atomic E-state index is 0.0841. The number of nitrogens with zero attached hydrogens (tertiary/aromatic N) is 1. The quantitative estimate of drug-likeness (QED) is 0.303. The van der Waals surface area contributed by atoms with Crippen LogP contribution in [-0.4, -0.2) is 29.7 Å². The molecule has 3 aromatic carbocycles. The van der Waals surface area contributed by atoms with Crippen LogP contribution in [0.2, 0.25) is 5.02 Å². The van der Waals surface area contributed by atoms with Crippen molar-refractivity contribution in [2.75, 3.05) is 11.9 Å². The Labute approximate surface area is 203 Å². The second-order valence-electron chi connectivity index (χ2n) is 8.00. The minimum atomic E-state index is -0.458. The first-order valence-corrected chi connectivity index (χ1v) is 11.1. The number of anilines is 1. The molecule has 0 aromatic heterocycles. The number of aromatic hydroxyl groups is 1. The third-order valence-corrected chi connectivity index (χ3v) is 5.35. The lowest BCUT2D eigenvalue weighted by Crippen LogP contribution is -2.20.